The lowest BCUT2D eigenvalue weighted by atomic mass is 9.92. The van der Waals surface area contributed by atoms with Crippen molar-refractivity contribution >= 4 is 23.2 Å². The van der Waals surface area contributed by atoms with Crippen LogP contribution in [-0.2, 0) is 9.53 Å². The van der Waals surface area contributed by atoms with Gasteiger partial charge in [0.05, 0.1) is 22.5 Å². The smallest absolute Gasteiger partial charge is 0.217 e. The maximum absolute atomic E-state index is 11.6. The van der Waals surface area contributed by atoms with Crippen molar-refractivity contribution < 1.29 is 9.53 Å². The van der Waals surface area contributed by atoms with E-state index in [0.717, 1.165) is 36.3 Å². The predicted molar refractivity (Wildman–Crippen MR) is 98.8 cm³/mol. The highest BCUT2D eigenvalue weighted by Gasteiger charge is 2.33. The summed E-state index contributed by atoms with van der Waals surface area (Å²) in [7, 11) is 0. The van der Waals surface area contributed by atoms with Crippen molar-refractivity contribution in [2.75, 3.05) is 0 Å². The highest BCUT2D eigenvalue weighted by molar-refractivity contribution is 6.30. The molecule has 1 aliphatic heterocycles. The summed E-state index contributed by atoms with van der Waals surface area (Å²) in [6.07, 6.45) is 4.47. The van der Waals surface area contributed by atoms with Gasteiger partial charge in [-0.3, -0.25) is 9.20 Å². The summed E-state index contributed by atoms with van der Waals surface area (Å²) < 4.78 is 8.45. The van der Waals surface area contributed by atoms with Gasteiger partial charge in [0.1, 0.15) is 11.8 Å². The lowest BCUT2D eigenvalue weighted by Gasteiger charge is -2.36. The molecular formula is C19H26ClN3O2. The summed E-state index contributed by atoms with van der Waals surface area (Å²) >= 11 is 6.19. The van der Waals surface area contributed by atoms with Crippen molar-refractivity contribution in [3.05, 3.63) is 34.7 Å². The Bertz CT molecular complexity index is 771. The first-order chi connectivity index (χ1) is 11.8. The first-order valence-electron chi connectivity index (χ1n) is 8.90. The molecule has 1 aliphatic rings. The first kappa shape index (κ1) is 18.2. The van der Waals surface area contributed by atoms with Crippen LogP contribution in [0, 0.1) is 12.8 Å². The lowest BCUT2D eigenvalue weighted by molar-refractivity contribution is -0.122. The molecule has 1 amide bonds. The number of nitrogens with zero attached hydrogens (tertiary/aromatic N) is 2. The van der Waals surface area contributed by atoms with Crippen molar-refractivity contribution in [1.82, 2.24) is 14.7 Å². The van der Waals surface area contributed by atoms with Crippen LogP contribution in [0.15, 0.2) is 18.3 Å². The Morgan fingerprint density at radius 3 is 2.88 bits per heavy atom. The van der Waals surface area contributed by atoms with E-state index in [2.05, 4.69) is 24.1 Å². The first-order valence-corrected chi connectivity index (χ1v) is 9.28. The van der Waals surface area contributed by atoms with Crippen molar-refractivity contribution in [2.45, 2.75) is 65.2 Å². The van der Waals surface area contributed by atoms with Crippen LogP contribution in [0.1, 0.15) is 57.5 Å². The average Bonchev–Trinajstić information content (AvgIpc) is 2.80. The molecule has 5 nitrogen and oxygen atoms in total. The molecule has 1 N–H and O–H groups in total. The Hall–Kier alpha value is -1.59. The van der Waals surface area contributed by atoms with Crippen LogP contribution in [-0.4, -0.2) is 27.4 Å². The maximum Gasteiger partial charge on any atom is 0.217 e. The Balaban J connectivity index is 1.95. The van der Waals surface area contributed by atoms with Crippen molar-refractivity contribution in [2.24, 2.45) is 5.92 Å². The number of fused-ring (bicyclic) bond motifs is 1. The van der Waals surface area contributed by atoms with Gasteiger partial charge in [-0.1, -0.05) is 25.4 Å². The van der Waals surface area contributed by atoms with E-state index in [9.17, 15) is 4.79 Å². The number of hydrogen-bond acceptors (Lipinski definition) is 3. The number of ether oxygens (including phenoxy) is 1. The second-order valence-electron chi connectivity index (χ2n) is 7.40. The van der Waals surface area contributed by atoms with Crippen LogP contribution >= 0.6 is 11.6 Å². The second kappa shape index (κ2) is 7.34. The van der Waals surface area contributed by atoms with Gasteiger partial charge in [0.15, 0.2) is 0 Å². The number of imidazole rings is 1. The predicted octanol–water partition coefficient (Wildman–Crippen LogP) is 4.07. The van der Waals surface area contributed by atoms with Gasteiger partial charge < -0.3 is 10.1 Å². The van der Waals surface area contributed by atoms with E-state index in [4.69, 9.17) is 16.3 Å². The molecule has 0 aromatic carbocycles. The molecule has 0 spiro atoms. The third-order valence-electron chi connectivity index (χ3n) is 4.65. The van der Waals surface area contributed by atoms with Gasteiger partial charge in [-0.2, -0.15) is 0 Å². The average molecular weight is 364 g/mol. The minimum atomic E-state index is -0.109. The van der Waals surface area contributed by atoms with E-state index < -0.39 is 0 Å². The zero-order chi connectivity index (χ0) is 18.1. The van der Waals surface area contributed by atoms with Crippen LogP contribution < -0.4 is 5.32 Å². The third kappa shape index (κ3) is 4.15. The third-order valence-corrected chi connectivity index (χ3v) is 4.88. The SMILES string of the molecule is CC(=O)N[C@@H]1C[C@H](CC(C)C)O[C@H](c2c(C)nc3ccc(Cl)cn23)C1. The number of halogens is 1. The molecule has 0 bridgehead atoms. The molecule has 0 unspecified atom stereocenters. The van der Waals surface area contributed by atoms with E-state index in [-0.39, 0.29) is 24.2 Å². The summed E-state index contributed by atoms with van der Waals surface area (Å²) in [6, 6.07) is 3.87. The number of aryl methyl sites for hydroxylation is 1. The molecule has 0 aliphatic carbocycles. The summed E-state index contributed by atoms with van der Waals surface area (Å²) in [5.74, 6) is 0.548. The lowest BCUT2D eigenvalue weighted by Crippen LogP contribution is -2.42. The van der Waals surface area contributed by atoms with Crippen LogP contribution in [0.5, 0.6) is 0 Å². The number of pyridine rings is 1. The van der Waals surface area contributed by atoms with E-state index in [0.29, 0.717) is 10.9 Å². The minimum Gasteiger partial charge on any atom is -0.369 e. The second-order valence-corrected chi connectivity index (χ2v) is 7.84. The number of hydrogen-bond donors (Lipinski definition) is 1. The molecule has 6 heteroatoms. The summed E-state index contributed by atoms with van der Waals surface area (Å²) in [5.41, 5.74) is 2.84. The molecule has 0 radical (unpaired) electrons. The molecule has 25 heavy (non-hydrogen) atoms. The number of rotatable bonds is 4. The monoisotopic (exact) mass is 363 g/mol. The topological polar surface area (TPSA) is 55.6 Å². The van der Waals surface area contributed by atoms with Crippen molar-refractivity contribution in [3.63, 3.8) is 0 Å². The zero-order valence-electron chi connectivity index (χ0n) is 15.3. The number of amides is 1. The van der Waals surface area contributed by atoms with Crippen LogP contribution in [0.3, 0.4) is 0 Å². The largest absolute Gasteiger partial charge is 0.369 e. The van der Waals surface area contributed by atoms with Gasteiger partial charge in [0.25, 0.3) is 0 Å². The molecule has 3 rings (SSSR count). The highest BCUT2D eigenvalue weighted by atomic mass is 35.5. The molecule has 1 saturated heterocycles. The maximum atomic E-state index is 11.6. The standard InChI is InChI=1S/C19H26ClN3O2/c1-11(2)7-16-8-15(22-13(4)24)9-17(25-16)19-12(3)21-18-6-5-14(20)10-23(18)19/h5-6,10-11,15-17H,7-9H2,1-4H3,(H,22,24)/t15-,16+,17+/m1/s1. The number of aromatic nitrogens is 2. The van der Waals surface area contributed by atoms with Gasteiger partial charge in [-0.25, -0.2) is 4.98 Å². The molecular weight excluding hydrogens is 338 g/mol. The fraction of sp³-hybridized carbons (Fsp3) is 0.579. The molecule has 2 aromatic rings. The fourth-order valence-electron chi connectivity index (χ4n) is 3.82. The quantitative estimate of drug-likeness (QED) is 0.890. The summed E-state index contributed by atoms with van der Waals surface area (Å²) in [5, 5.41) is 3.75. The normalized spacial score (nSPS) is 24.0. The van der Waals surface area contributed by atoms with Crippen molar-refractivity contribution in [3.8, 4) is 0 Å². The fourth-order valence-corrected chi connectivity index (χ4v) is 3.98. The molecule has 1 fully saturated rings. The molecule has 3 atom stereocenters. The van der Waals surface area contributed by atoms with Crippen LogP contribution in [0.2, 0.25) is 5.02 Å². The molecule has 2 aromatic heterocycles. The summed E-state index contributed by atoms with van der Waals surface area (Å²) in [4.78, 5) is 16.2. The van der Waals surface area contributed by atoms with Gasteiger partial charge in [0, 0.05) is 19.2 Å². The number of carbonyl (C=O) groups excluding carboxylic acids is 1. The Morgan fingerprint density at radius 1 is 1.44 bits per heavy atom. The van der Waals surface area contributed by atoms with E-state index in [1.165, 1.54) is 0 Å². The number of nitrogens with one attached hydrogen (secondary N) is 1. The van der Waals surface area contributed by atoms with Gasteiger partial charge in [-0.15, -0.1) is 0 Å². The Kier molecular flexibility index (Phi) is 5.35. The summed E-state index contributed by atoms with van der Waals surface area (Å²) in [6.45, 7) is 7.96. The molecule has 0 saturated carbocycles. The number of carbonyl (C=O) groups is 1. The van der Waals surface area contributed by atoms with E-state index in [1.807, 2.05) is 29.7 Å². The van der Waals surface area contributed by atoms with Gasteiger partial charge in [0.2, 0.25) is 5.91 Å². The van der Waals surface area contributed by atoms with Crippen LogP contribution in [0.25, 0.3) is 5.65 Å². The Labute approximate surface area is 153 Å². The van der Waals surface area contributed by atoms with Crippen LogP contribution in [0.4, 0.5) is 0 Å². The van der Waals surface area contributed by atoms with Gasteiger partial charge in [-0.05, 0) is 44.2 Å². The highest BCUT2D eigenvalue weighted by Crippen LogP contribution is 2.36. The van der Waals surface area contributed by atoms with Gasteiger partial charge >= 0.3 is 0 Å². The zero-order valence-corrected chi connectivity index (χ0v) is 16.0. The van der Waals surface area contributed by atoms with E-state index in [1.54, 1.807) is 6.92 Å². The molecule has 3 heterocycles. The molecule has 136 valence electrons. The Morgan fingerprint density at radius 2 is 2.20 bits per heavy atom. The van der Waals surface area contributed by atoms with E-state index >= 15 is 0 Å². The van der Waals surface area contributed by atoms with Crippen molar-refractivity contribution in [1.29, 1.82) is 0 Å². The minimum absolute atomic E-state index is 0.00635.